The maximum Gasteiger partial charge on any atom is 0.231 e. The minimum absolute atomic E-state index is 0.0726. The molecule has 0 aliphatic rings. The molecule has 21 heavy (non-hydrogen) atoms. The molecule has 0 saturated heterocycles. The van der Waals surface area contributed by atoms with E-state index in [1.165, 1.54) is 0 Å². The summed E-state index contributed by atoms with van der Waals surface area (Å²) in [5, 5.41) is 12.2. The molecule has 7 heteroatoms. The summed E-state index contributed by atoms with van der Waals surface area (Å²) in [6.45, 7) is 8.19. The Kier molecular flexibility index (Phi) is 6.66. The van der Waals surface area contributed by atoms with Crippen LogP contribution in [0.2, 0.25) is 0 Å². The highest BCUT2D eigenvalue weighted by molar-refractivity contribution is 5.44. The molecule has 1 N–H and O–H groups in total. The van der Waals surface area contributed by atoms with Gasteiger partial charge in [-0.05, 0) is 20.3 Å². The second kappa shape index (κ2) is 8.25. The number of nitrogens with zero attached hydrogens (tertiary/aromatic N) is 6. The van der Waals surface area contributed by atoms with Gasteiger partial charge < -0.3 is 15.1 Å². The van der Waals surface area contributed by atoms with Crippen LogP contribution in [0.4, 0.5) is 17.8 Å². The van der Waals surface area contributed by atoms with E-state index in [2.05, 4.69) is 33.3 Å². The van der Waals surface area contributed by atoms with Crippen molar-refractivity contribution in [3.05, 3.63) is 0 Å². The van der Waals surface area contributed by atoms with Gasteiger partial charge in [0.15, 0.2) is 0 Å². The smallest absolute Gasteiger partial charge is 0.231 e. The van der Waals surface area contributed by atoms with Crippen LogP contribution in [0.1, 0.15) is 27.2 Å². The van der Waals surface area contributed by atoms with Crippen LogP contribution in [0.5, 0.6) is 0 Å². The molecule has 0 amide bonds. The topological polar surface area (TPSA) is 81.0 Å². The van der Waals surface area contributed by atoms with Crippen molar-refractivity contribution < 1.29 is 0 Å². The predicted octanol–water partition coefficient (Wildman–Crippen LogP) is 1.75. The van der Waals surface area contributed by atoms with Crippen molar-refractivity contribution in [2.75, 3.05) is 48.8 Å². The lowest BCUT2D eigenvalue weighted by Gasteiger charge is -2.23. The van der Waals surface area contributed by atoms with E-state index < -0.39 is 0 Å². The molecule has 1 aromatic rings. The van der Waals surface area contributed by atoms with Gasteiger partial charge in [-0.3, -0.25) is 0 Å². The van der Waals surface area contributed by atoms with Gasteiger partial charge in [0.05, 0.1) is 12.0 Å². The van der Waals surface area contributed by atoms with Crippen LogP contribution < -0.4 is 15.1 Å². The molecule has 7 nitrogen and oxygen atoms in total. The molecule has 0 spiro atoms. The largest absolute Gasteiger partial charge is 0.354 e. The molecular weight excluding hydrogens is 266 g/mol. The van der Waals surface area contributed by atoms with Gasteiger partial charge in [0.25, 0.3) is 0 Å². The van der Waals surface area contributed by atoms with Gasteiger partial charge in [0.1, 0.15) is 0 Å². The average molecular weight is 291 g/mol. The maximum atomic E-state index is 8.99. The van der Waals surface area contributed by atoms with Crippen molar-refractivity contribution in [3.63, 3.8) is 0 Å². The van der Waals surface area contributed by atoms with Crippen molar-refractivity contribution in [1.82, 2.24) is 15.0 Å². The third-order valence-corrected chi connectivity index (χ3v) is 2.92. The zero-order chi connectivity index (χ0) is 15.8. The molecule has 1 atom stereocenters. The van der Waals surface area contributed by atoms with E-state index in [0.29, 0.717) is 24.4 Å². The van der Waals surface area contributed by atoms with Gasteiger partial charge in [0.2, 0.25) is 17.8 Å². The Morgan fingerprint density at radius 2 is 1.86 bits per heavy atom. The standard InChI is InChI=1S/C14H25N7/c1-6-8-16-12-17-13(20(4)5)19-14(18-12)21(7-2)10-11(3)9-15/h11H,6-8,10H2,1-5H3,(H,16,17,18,19). The predicted molar refractivity (Wildman–Crippen MR) is 85.6 cm³/mol. The van der Waals surface area contributed by atoms with Crippen LogP contribution in [0.15, 0.2) is 0 Å². The Bertz CT molecular complexity index is 481. The molecule has 1 heterocycles. The minimum Gasteiger partial charge on any atom is -0.354 e. The second-order valence-electron chi connectivity index (χ2n) is 5.15. The number of hydrogen-bond acceptors (Lipinski definition) is 7. The molecule has 0 saturated carbocycles. The number of aromatic nitrogens is 3. The SMILES string of the molecule is CCCNc1nc(N(C)C)nc(N(CC)CC(C)C#N)n1. The van der Waals surface area contributed by atoms with E-state index in [4.69, 9.17) is 5.26 Å². The summed E-state index contributed by atoms with van der Waals surface area (Å²) >= 11 is 0. The Labute approximate surface area is 127 Å². The third kappa shape index (κ3) is 5.06. The fourth-order valence-electron chi connectivity index (χ4n) is 1.73. The molecule has 0 fully saturated rings. The number of nitriles is 1. The van der Waals surface area contributed by atoms with E-state index in [1.807, 2.05) is 37.7 Å². The molecule has 1 aromatic heterocycles. The minimum atomic E-state index is -0.0726. The molecule has 1 rings (SSSR count). The van der Waals surface area contributed by atoms with Gasteiger partial charge in [-0.1, -0.05) is 6.92 Å². The average Bonchev–Trinajstić information content (AvgIpc) is 2.49. The van der Waals surface area contributed by atoms with Crippen molar-refractivity contribution in [2.45, 2.75) is 27.2 Å². The van der Waals surface area contributed by atoms with E-state index in [0.717, 1.165) is 19.5 Å². The first-order chi connectivity index (χ1) is 10.0. The highest BCUT2D eigenvalue weighted by Crippen LogP contribution is 2.16. The van der Waals surface area contributed by atoms with Gasteiger partial charge >= 0.3 is 0 Å². The Morgan fingerprint density at radius 1 is 1.19 bits per heavy atom. The van der Waals surface area contributed by atoms with Gasteiger partial charge in [0, 0.05) is 33.7 Å². The monoisotopic (exact) mass is 291 g/mol. The molecule has 0 radical (unpaired) electrons. The molecule has 0 bridgehead atoms. The lowest BCUT2D eigenvalue weighted by Crippen LogP contribution is -2.30. The quantitative estimate of drug-likeness (QED) is 0.781. The number of nitrogens with one attached hydrogen (secondary N) is 1. The zero-order valence-electron chi connectivity index (χ0n) is 13.6. The molecule has 116 valence electrons. The van der Waals surface area contributed by atoms with Crippen molar-refractivity contribution in [2.24, 2.45) is 5.92 Å². The van der Waals surface area contributed by atoms with Crippen molar-refractivity contribution in [1.29, 1.82) is 5.26 Å². The van der Waals surface area contributed by atoms with Crippen LogP contribution in [0.25, 0.3) is 0 Å². The lowest BCUT2D eigenvalue weighted by molar-refractivity contribution is 0.669. The first-order valence-corrected chi connectivity index (χ1v) is 7.33. The van der Waals surface area contributed by atoms with E-state index in [9.17, 15) is 0 Å². The van der Waals surface area contributed by atoms with Gasteiger partial charge in [-0.25, -0.2) is 0 Å². The zero-order valence-corrected chi connectivity index (χ0v) is 13.6. The van der Waals surface area contributed by atoms with Crippen molar-refractivity contribution in [3.8, 4) is 6.07 Å². The first kappa shape index (κ1) is 17.0. The molecule has 0 aliphatic carbocycles. The second-order valence-corrected chi connectivity index (χ2v) is 5.15. The molecule has 0 aromatic carbocycles. The van der Waals surface area contributed by atoms with Crippen LogP contribution in [-0.2, 0) is 0 Å². The summed E-state index contributed by atoms with van der Waals surface area (Å²) in [6.07, 6.45) is 1.00. The summed E-state index contributed by atoms with van der Waals surface area (Å²) in [7, 11) is 3.80. The molecular formula is C14H25N7. The normalized spacial score (nSPS) is 11.6. The third-order valence-electron chi connectivity index (χ3n) is 2.92. The van der Waals surface area contributed by atoms with E-state index in [1.54, 1.807) is 0 Å². The van der Waals surface area contributed by atoms with Gasteiger partial charge in [-0.15, -0.1) is 0 Å². The van der Waals surface area contributed by atoms with Crippen LogP contribution in [0.3, 0.4) is 0 Å². The fraction of sp³-hybridized carbons (Fsp3) is 0.714. The number of anilines is 3. The van der Waals surface area contributed by atoms with Gasteiger partial charge in [-0.2, -0.15) is 20.2 Å². The first-order valence-electron chi connectivity index (χ1n) is 7.33. The number of rotatable bonds is 8. The summed E-state index contributed by atoms with van der Waals surface area (Å²) in [5.41, 5.74) is 0. The summed E-state index contributed by atoms with van der Waals surface area (Å²) in [4.78, 5) is 17.2. The summed E-state index contributed by atoms with van der Waals surface area (Å²) in [6, 6.07) is 2.25. The molecule has 0 aliphatic heterocycles. The maximum absolute atomic E-state index is 8.99. The van der Waals surface area contributed by atoms with E-state index in [-0.39, 0.29) is 5.92 Å². The highest BCUT2D eigenvalue weighted by Gasteiger charge is 2.15. The highest BCUT2D eigenvalue weighted by atomic mass is 15.3. The molecule has 1 unspecified atom stereocenters. The Balaban J connectivity index is 3.07. The summed E-state index contributed by atoms with van der Waals surface area (Å²) < 4.78 is 0. The van der Waals surface area contributed by atoms with E-state index >= 15 is 0 Å². The van der Waals surface area contributed by atoms with Crippen LogP contribution in [0, 0.1) is 17.2 Å². The van der Waals surface area contributed by atoms with Crippen LogP contribution in [-0.4, -0.2) is 48.7 Å². The fourth-order valence-corrected chi connectivity index (χ4v) is 1.73. The van der Waals surface area contributed by atoms with Crippen LogP contribution >= 0.6 is 0 Å². The number of hydrogen-bond donors (Lipinski definition) is 1. The Hall–Kier alpha value is -2.10. The summed E-state index contributed by atoms with van der Waals surface area (Å²) in [5.74, 6) is 1.73. The lowest BCUT2D eigenvalue weighted by atomic mass is 10.2. The van der Waals surface area contributed by atoms with Crippen molar-refractivity contribution >= 4 is 17.8 Å². The Morgan fingerprint density at radius 3 is 2.38 bits per heavy atom.